The van der Waals surface area contributed by atoms with E-state index in [1.54, 1.807) is 17.9 Å². The van der Waals surface area contributed by atoms with Crippen molar-refractivity contribution in [2.24, 2.45) is 0 Å². The number of hydrogen-bond acceptors (Lipinski definition) is 5. The largest absolute Gasteiger partial charge is 0.489 e. The molecule has 0 bridgehead atoms. The molecular formula is C28H35ClN2O5. The molecule has 2 aromatic carbocycles. The lowest BCUT2D eigenvalue weighted by Crippen LogP contribution is -2.35. The van der Waals surface area contributed by atoms with Gasteiger partial charge in [-0.15, -0.1) is 0 Å². The zero-order valence-corrected chi connectivity index (χ0v) is 21.7. The van der Waals surface area contributed by atoms with E-state index >= 15 is 0 Å². The number of halogens is 1. The zero-order chi connectivity index (χ0) is 25.5. The number of aliphatic hydroxyl groups excluding tert-OH is 1. The summed E-state index contributed by atoms with van der Waals surface area (Å²) < 4.78 is 11.5. The van der Waals surface area contributed by atoms with Crippen molar-refractivity contribution in [3.05, 3.63) is 52.0 Å². The lowest BCUT2D eigenvalue weighted by Gasteiger charge is -2.29. The molecule has 7 nitrogen and oxygen atoms in total. The number of benzene rings is 2. The highest BCUT2D eigenvalue weighted by atomic mass is 35.5. The number of carbonyl (C=O) groups excluding carboxylic acids is 2. The molecule has 0 atom stereocenters. The summed E-state index contributed by atoms with van der Waals surface area (Å²) in [5, 5.41) is 10.2. The molecule has 1 N–H and O–H groups in total. The highest BCUT2D eigenvalue weighted by Crippen LogP contribution is 2.38. The molecule has 2 amide bonds. The molecule has 36 heavy (non-hydrogen) atoms. The van der Waals surface area contributed by atoms with Crippen LogP contribution in [0.5, 0.6) is 11.5 Å². The minimum Gasteiger partial charge on any atom is -0.489 e. The van der Waals surface area contributed by atoms with E-state index in [-0.39, 0.29) is 24.8 Å². The maximum absolute atomic E-state index is 13.6. The van der Waals surface area contributed by atoms with Crippen molar-refractivity contribution in [1.29, 1.82) is 0 Å². The number of aliphatic hydroxyl groups is 1. The molecule has 0 aromatic heterocycles. The molecule has 0 saturated heterocycles. The Bertz CT molecular complexity index is 1090. The lowest BCUT2D eigenvalue weighted by molar-refractivity contribution is -0.131. The molecule has 0 unspecified atom stereocenters. The van der Waals surface area contributed by atoms with E-state index in [2.05, 4.69) is 0 Å². The van der Waals surface area contributed by atoms with E-state index in [0.29, 0.717) is 49.4 Å². The SMILES string of the molecule is CC(=O)N1CCCCCCCN(C(=O)Cc2cc(Cl)c3c(c2)OCCCO3)Cc2ccc(CO)cc21. The Hall–Kier alpha value is -2.77. The van der Waals surface area contributed by atoms with E-state index in [9.17, 15) is 14.7 Å². The predicted molar refractivity (Wildman–Crippen MR) is 140 cm³/mol. The fraction of sp³-hybridized carbons (Fsp3) is 0.500. The fourth-order valence-electron chi connectivity index (χ4n) is 4.81. The average molecular weight is 515 g/mol. The minimum absolute atomic E-state index is 0.0100. The van der Waals surface area contributed by atoms with Crippen LogP contribution >= 0.6 is 11.6 Å². The normalized spacial score (nSPS) is 16.9. The van der Waals surface area contributed by atoms with Crippen molar-refractivity contribution in [2.45, 2.75) is 65.0 Å². The van der Waals surface area contributed by atoms with Gasteiger partial charge in [-0.2, -0.15) is 0 Å². The number of rotatable bonds is 3. The van der Waals surface area contributed by atoms with Crippen LogP contribution in [-0.4, -0.2) is 48.1 Å². The summed E-state index contributed by atoms with van der Waals surface area (Å²) in [7, 11) is 0. The summed E-state index contributed by atoms with van der Waals surface area (Å²) in [5.41, 5.74) is 3.19. The molecule has 4 rings (SSSR count). The standard InChI is InChI=1S/C28H35ClN2O5/c1-20(33)31-11-6-4-2-3-5-10-30(18-23-9-8-21(19-32)15-25(23)31)27(34)17-22-14-24(29)28-26(16-22)35-12-7-13-36-28/h8-9,14-16,32H,2-7,10-13,17-19H2,1H3. The van der Waals surface area contributed by atoms with Gasteiger partial charge in [0.05, 0.1) is 31.3 Å². The third kappa shape index (κ3) is 6.51. The number of carbonyl (C=O) groups is 2. The van der Waals surface area contributed by atoms with Crippen molar-refractivity contribution < 1.29 is 24.2 Å². The minimum atomic E-state index is -0.105. The lowest BCUT2D eigenvalue weighted by atomic mass is 10.0. The maximum atomic E-state index is 13.6. The topological polar surface area (TPSA) is 79.3 Å². The molecule has 2 aromatic rings. The third-order valence-corrected chi connectivity index (χ3v) is 7.02. The van der Waals surface area contributed by atoms with E-state index < -0.39 is 0 Å². The van der Waals surface area contributed by atoms with E-state index in [0.717, 1.165) is 60.9 Å². The van der Waals surface area contributed by atoms with Gasteiger partial charge in [0.2, 0.25) is 11.8 Å². The van der Waals surface area contributed by atoms with Gasteiger partial charge >= 0.3 is 0 Å². The van der Waals surface area contributed by atoms with Gasteiger partial charge in [-0.3, -0.25) is 9.59 Å². The second kappa shape index (κ2) is 12.5. The Morgan fingerprint density at radius 3 is 2.47 bits per heavy atom. The van der Waals surface area contributed by atoms with Crippen LogP contribution < -0.4 is 14.4 Å². The smallest absolute Gasteiger partial charge is 0.227 e. The number of anilines is 1. The van der Waals surface area contributed by atoms with Crippen molar-refractivity contribution in [3.63, 3.8) is 0 Å². The molecule has 0 spiro atoms. The number of ether oxygens (including phenoxy) is 2. The Kier molecular flexibility index (Phi) is 9.10. The maximum Gasteiger partial charge on any atom is 0.227 e. The van der Waals surface area contributed by atoms with Gasteiger partial charge in [0.25, 0.3) is 0 Å². The van der Waals surface area contributed by atoms with Gasteiger partial charge in [0, 0.05) is 38.7 Å². The van der Waals surface area contributed by atoms with Crippen LogP contribution in [0.25, 0.3) is 0 Å². The summed E-state index contributed by atoms with van der Waals surface area (Å²) in [4.78, 5) is 29.8. The highest BCUT2D eigenvalue weighted by Gasteiger charge is 2.23. The molecule has 2 heterocycles. The van der Waals surface area contributed by atoms with Crippen LogP contribution in [0.1, 0.15) is 62.1 Å². The Balaban J connectivity index is 1.61. The predicted octanol–water partition coefficient (Wildman–Crippen LogP) is 4.88. The number of hydrogen-bond donors (Lipinski definition) is 1. The van der Waals surface area contributed by atoms with Crippen LogP contribution in [-0.2, 0) is 29.2 Å². The van der Waals surface area contributed by atoms with Crippen molar-refractivity contribution in [1.82, 2.24) is 4.90 Å². The molecule has 194 valence electrons. The molecule has 0 fully saturated rings. The first kappa shape index (κ1) is 26.3. The van der Waals surface area contributed by atoms with Gasteiger partial charge in [-0.05, 0) is 47.7 Å². The van der Waals surface area contributed by atoms with Gasteiger partial charge in [0.1, 0.15) is 0 Å². The van der Waals surface area contributed by atoms with Crippen LogP contribution in [0.4, 0.5) is 5.69 Å². The average Bonchev–Trinajstić information content (AvgIpc) is 3.10. The second-order valence-electron chi connectivity index (χ2n) is 9.51. The summed E-state index contributed by atoms with van der Waals surface area (Å²) in [5.74, 6) is 1.07. The summed E-state index contributed by atoms with van der Waals surface area (Å²) in [6, 6.07) is 9.28. The monoisotopic (exact) mass is 514 g/mol. The van der Waals surface area contributed by atoms with Crippen LogP contribution in [0, 0.1) is 0 Å². The molecule has 2 aliphatic rings. The molecule has 8 heteroatoms. The number of nitrogens with zero attached hydrogens (tertiary/aromatic N) is 2. The van der Waals surface area contributed by atoms with Crippen LogP contribution in [0.3, 0.4) is 0 Å². The van der Waals surface area contributed by atoms with E-state index in [1.165, 1.54) is 0 Å². The Morgan fingerprint density at radius 2 is 1.69 bits per heavy atom. The first-order chi connectivity index (χ1) is 17.5. The third-order valence-electron chi connectivity index (χ3n) is 6.74. The van der Waals surface area contributed by atoms with Crippen molar-refractivity contribution in [3.8, 4) is 11.5 Å². The molecule has 0 saturated carbocycles. The molecule has 0 radical (unpaired) electrons. The summed E-state index contributed by atoms with van der Waals surface area (Å²) in [6.07, 6.45) is 5.95. The van der Waals surface area contributed by atoms with Crippen molar-refractivity contribution >= 4 is 29.1 Å². The fourth-order valence-corrected chi connectivity index (χ4v) is 5.10. The first-order valence-corrected chi connectivity index (χ1v) is 13.2. The molecular weight excluding hydrogens is 480 g/mol. The van der Waals surface area contributed by atoms with Gasteiger partial charge < -0.3 is 24.4 Å². The van der Waals surface area contributed by atoms with Gasteiger partial charge in [-0.1, -0.05) is 43.0 Å². The van der Waals surface area contributed by atoms with Crippen LogP contribution in [0.15, 0.2) is 30.3 Å². The molecule has 2 aliphatic heterocycles. The number of amides is 2. The van der Waals surface area contributed by atoms with Gasteiger partial charge in [-0.25, -0.2) is 0 Å². The quantitative estimate of drug-likeness (QED) is 0.631. The Morgan fingerprint density at radius 1 is 0.944 bits per heavy atom. The van der Waals surface area contributed by atoms with E-state index in [4.69, 9.17) is 21.1 Å². The highest BCUT2D eigenvalue weighted by molar-refractivity contribution is 6.32. The van der Waals surface area contributed by atoms with Crippen LogP contribution in [0.2, 0.25) is 5.02 Å². The van der Waals surface area contributed by atoms with Gasteiger partial charge in [0.15, 0.2) is 11.5 Å². The first-order valence-electron chi connectivity index (χ1n) is 12.8. The molecule has 0 aliphatic carbocycles. The summed E-state index contributed by atoms with van der Waals surface area (Å²) >= 11 is 6.46. The number of fused-ring (bicyclic) bond motifs is 2. The zero-order valence-electron chi connectivity index (χ0n) is 20.9. The Labute approximate surface area is 217 Å². The van der Waals surface area contributed by atoms with E-state index in [1.807, 2.05) is 29.2 Å². The summed E-state index contributed by atoms with van der Waals surface area (Å²) in [6.45, 7) is 4.21. The second-order valence-corrected chi connectivity index (χ2v) is 9.91. The van der Waals surface area contributed by atoms with Crippen molar-refractivity contribution in [2.75, 3.05) is 31.2 Å².